The van der Waals surface area contributed by atoms with Crippen LogP contribution in [0.4, 0.5) is 26.3 Å². The van der Waals surface area contributed by atoms with Crippen LogP contribution in [0.3, 0.4) is 0 Å². The van der Waals surface area contributed by atoms with Crippen LogP contribution in [0.2, 0.25) is 0 Å². The molecule has 0 aromatic rings. The molecule has 0 N–H and O–H groups in total. The van der Waals surface area contributed by atoms with E-state index in [2.05, 4.69) is 0 Å². The fraction of sp³-hybridized carbons (Fsp3) is 0.889. The molecule has 0 aliphatic carbocycles. The zero-order valence-corrected chi connectivity index (χ0v) is 9.81. The van der Waals surface area contributed by atoms with E-state index >= 15 is 0 Å². The van der Waals surface area contributed by atoms with Gasteiger partial charge in [-0.25, -0.2) is 13.2 Å². The normalized spacial score (nSPS) is 14.8. The summed E-state index contributed by atoms with van der Waals surface area (Å²) in [5.41, 5.74) is 0. The molecule has 102 valence electrons. The highest BCUT2D eigenvalue weighted by Crippen LogP contribution is 2.36. The molecule has 0 aliphatic heterocycles. The molecule has 0 aliphatic rings. The van der Waals surface area contributed by atoms with Crippen LogP contribution >= 0.6 is 11.8 Å². The van der Waals surface area contributed by atoms with Gasteiger partial charge in [-0.1, -0.05) is 11.8 Å². The molecular formula is C9H12F6OS. The molecule has 1 atom stereocenters. The van der Waals surface area contributed by atoms with Crippen LogP contribution in [0, 0.1) is 0 Å². The van der Waals surface area contributed by atoms with Gasteiger partial charge < -0.3 is 0 Å². The zero-order valence-electron chi connectivity index (χ0n) is 8.99. The highest BCUT2D eigenvalue weighted by Gasteiger charge is 2.49. The van der Waals surface area contributed by atoms with Gasteiger partial charge >= 0.3 is 6.18 Å². The molecule has 0 heterocycles. The maximum absolute atomic E-state index is 12.9. The van der Waals surface area contributed by atoms with Crippen molar-refractivity contribution in [1.29, 1.82) is 0 Å². The second-order valence-electron chi connectivity index (χ2n) is 3.50. The van der Waals surface area contributed by atoms with Crippen molar-refractivity contribution in [2.75, 3.05) is 5.75 Å². The molecule has 1 unspecified atom stereocenters. The molecule has 0 saturated heterocycles. The zero-order chi connectivity index (χ0) is 13.7. The minimum absolute atomic E-state index is 0.0706. The maximum Gasteiger partial charge on any atom is 0.394 e. The minimum atomic E-state index is -5.10. The van der Waals surface area contributed by atoms with Crippen LogP contribution in [0.5, 0.6) is 0 Å². The Morgan fingerprint density at radius 3 is 2.18 bits per heavy atom. The molecule has 0 fully saturated rings. The van der Waals surface area contributed by atoms with E-state index in [9.17, 15) is 31.1 Å². The van der Waals surface area contributed by atoms with E-state index < -0.39 is 31.1 Å². The number of rotatable bonds is 6. The summed E-state index contributed by atoms with van der Waals surface area (Å²) in [7, 11) is 0. The molecule has 0 saturated carbocycles. The molecule has 0 amide bonds. The first-order valence-electron chi connectivity index (χ1n) is 4.76. The Labute approximate surface area is 98.9 Å². The quantitative estimate of drug-likeness (QED) is 0.541. The van der Waals surface area contributed by atoms with E-state index in [1.165, 1.54) is 6.92 Å². The largest absolute Gasteiger partial charge is 0.394 e. The molecule has 17 heavy (non-hydrogen) atoms. The summed E-state index contributed by atoms with van der Waals surface area (Å²) < 4.78 is 73.5. The number of carbonyl (C=O) groups excluding carboxylic acids is 1. The van der Waals surface area contributed by atoms with Crippen molar-refractivity contribution >= 4 is 16.9 Å². The Hall–Kier alpha value is -0.400. The lowest BCUT2D eigenvalue weighted by Gasteiger charge is -2.21. The summed E-state index contributed by atoms with van der Waals surface area (Å²) in [4.78, 5) is 10.4. The van der Waals surface area contributed by atoms with Gasteiger partial charge in [0.2, 0.25) is 0 Å². The van der Waals surface area contributed by atoms with E-state index in [4.69, 9.17) is 0 Å². The lowest BCUT2D eigenvalue weighted by Crippen LogP contribution is -2.35. The first-order chi connectivity index (χ1) is 7.54. The predicted octanol–water partition coefficient (Wildman–Crippen LogP) is 3.97. The number of halogens is 6. The first kappa shape index (κ1) is 16.6. The van der Waals surface area contributed by atoms with E-state index in [1.54, 1.807) is 0 Å². The van der Waals surface area contributed by atoms with Gasteiger partial charge in [0.15, 0.2) is 11.3 Å². The average Bonchev–Trinajstić information content (AvgIpc) is 2.07. The second kappa shape index (κ2) is 6.51. The third kappa shape index (κ3) is 8.34. The van der Waals surface area contributed by atoms with Gasteiger partial charge in [-0.2, -0.15) is 13.2 Å². The lowest BCUT2D eigenvalue weighted by molar-refractivity contribution is -0.205. The number of hydrogen-bond acceptors (Lipinski definition) is 2. The van der Waals surface area contributed by atoms with Gasteiger partial charge in [-0.15, -0.1) is 0 Å². The van der Waals surface area contributed by atoms with E-state index in [1.807, 2.05) is 0 Å². The van der Waals surface area contributed by atoms with Gasteiger partial charge in [0.1, 0.15) is 6.42 Å². The third-order valence-electron chi connectivity index (χ3n) is 1.80. The van der Waals surface area contributed by atoms with Crippen molar-refractivity contribution in [1.82, 2.24) is 0 Å². The van der Waals surface area contributed by atoms with Crippen LogP contribution in [-0.4, -0.2) is 29.1 Å². The van der Waals surface area contributed by atoms with Crippen molar-refractivity contribution < 1.29 is 31.1 Å². The Morgan fingerprint density at radius 1 is 1.24 bits per heavy atom. The van der Waals surface area contributed by atoms with Crippen molar-refractivity contribution in [3.63, 3.8) is 0 Å². The van der Waals surface area contributed by atoms with E-state index in [0.29, 0.717) is 0 Å². The Bertz CT molecular complexity index is 252. The molecule has 0 aromatic carbocycles. The summed E-state index contributed by atoms with van der Waals surface area (Å²) in [6.07, 6.45) is -11.2. The van der Waals surface area contributed by atoms with Crippen molar-refractivity contribution in [2.45, 2.75) is 44.5 Å². The summed E-state index contributed by atoms with van der Waals surface area (Å²) in [5.74, 6) is -4.28. The smallest absolute Gasteiger partial charge is 0.288 e. The SMILES string of the molecule is CC(=O)SCCCC(F)C(F)(F)CC(F)(F)F. The van der Waals surface area contributed by atoms with Gasteiger partial charge in [-0.05, 0) is 12.8 Å². The van der Waals surface area contributed by atoms with Gasteiger partial charge in [0.25, 0.3) is 5.92 Å². The van der Waals surface area contributed by atoms with Crippen molar-refractivity contribution in [3.05, 3.63) is 0 Å². The molecule has 0 radical (unpaired) electrons. The van der Waals surface area contributed by atoms with Crippen molar-refractivity contribution in [3.8, 4) is 0 Å². The number of thioether (sulfide) groups is 1. The highest BCUT2D eigenvalue weighted by molar-refractivity contribution is 8.13. The summed E-state index contributed by atoms with van der Waals surface area (Å²) >= 11 is 0.824. The number of hydrogen-bond donors (Lipinski definition) is 0. The Balaban J connectivity index is 4.03. The van der Waals surface area contributed by atoms with Crippen LogP contribution in [0.15, 0.2) is 0 Å². The molecule has 1 nitrogen and oxygen atoms in total. The van der Waals surface area contributed by atoms with Crippen molar-refractivity contribution in [2.24, 2.45) is 0 Å². The van der Waals surface area contributed by atoms with Gasteiger partial charge in [0, 0.05) is 12.7 Å². The minimum Gasteiger partial charge on any atom is -0.288 e. The Kier molecular flexibility index (Phi) is 6.36. The first-order valence-corrected chi connectivity index (χ1v) is 5.75. The van der Waals surface area contributed by atoms with Crippen LogP contribution < -0.4 is 0 Å². The van der Waals surface area contributed by atoms with Gasteiger partial charge in [-0.3, -0.25) is 4.79 Å². The number of carbonyl (C=O) groups is 1. The van der Waals surface area contributed by atoms with E-state index in [-0.39, 0.29) is 17.3 Å². The number of alkyl halides is 6. The van der Waals surface area contributed by atoms with Gasteiger partial charge in [0.05, 0.1) is 0 Å². The molecule has 0 bridgehead atoms. The predicted molar refractivity (Wildman–Crippen MR) is 52.9 cm³/mol. The van der Waals surface area contributed by atoms with Crippen LogP contribution in [-0.2, 0) is 4.79 Å². The summed E-state index contributed by atoms with van der Waals surface area (Å²) in [5, 5.41) is -0.248. The molecule has 8 heteroatoms. The molecular weight excluding hydrogens is 270 g/mol. The second-order valence-corrected chi connectivity index (χ2v) is 4.77. The lowest BCUT2D eigenvalue weighted by atomic mass is 10.1. The molecule has 0 aromatic heterocycles. The topological polar surface area (TPSA) is 17.1 Å². The average molecular weight is 282 g/mol. The fourth-order valence-corrected chi connectivity index (χ4v) is 1.67. The highest BCUT2D eigenvalue weighted by atomic mass is 32.2. The summed E-state index contributed by atoms with van der Waals surface area (Å²) in [6.45, 7) is 1.26. The Morgan fingerprint density at radius 2 is 1.76 bits per heavy atom. The van der Waals surface area contributed by atoms with E-state index in [0.717, 1.165) is 11.8 Å². The molecule has 0 rings (SSSR count). The van der Waals surface area contributed by atoms with Crippen LogP contribution in [0.1, 0.15) is 26.2 Å². The standard InChI is InChI=1S/C9H12F6OS/c1-6(16)17-4-2-3-7(10)8(11,12)5-9(13,14)15/h7H,2-5H2,1H3. The third-order valence-corrected chi connectivity index (χ3v) is 2.70. The van der Waals surface area contributed by atoms with Crippen LogP contribution in [0.25, 0.3) is 0 Å². The molecule has 0 spiro atoms. The maximum atomic E-state index is 12.9. The monoisotopic (exact) mass is 282 g/mol. The summed E-state index contributed by atoms with van der Waals surface area (Å²) in [6, 6.07) is 0. The fourth-order valence-electron chi connectivity index (χ4n) is 1.07.